The number of carbonyl (C=O) groups is 1. The van der Waals surface area contributed by atoms with Crippen LogP contribution < -0.4 is 0 Å². The number of carbonyl (C=O) groups excluding carboxylic acids is 1. The van der Waals surface area contributed by atoms with Crippen molar-refractivity contribution in [1.29, 1.82) is 0 Å². The van der Waals surface area contributed by atoms with E-state index in [1.54, 1.807) is 11.3 Å². The van der Waals surface area contributed by atoms with Gasteiger partial charge >= 0.3 is 0 Å². The lowest BCUT2D eigenvalue weighted by Crippen LogP contribution is -2.04. The van der Waals surface area contributed by atoms with Crippen LogP contribution in [0.5, 0.6) is 0 Å². The molecule has 0 bridgehead atoms. The van der Waals surface area contributed by atoms with Crippen molar-refractivity contribution in [2.45, 2.75) is 13.8 Å². The van der Waals surface area contributed by atoms with Crippen molar-refractivity contribution in [3.05, 3.63) is 45.7 Å². The lowest BCUT2D eigenvalue weighted by molar-refractivity contribution is 0.0943. The van der Waals surface area contributed by atoms with Gasteiger partial charge in [-0.1, -0.05) is 41.9 Å². The second-order valence-corrected chi connectivity index (χ2v) is 6.19. The molecule has 0 saturated carbocycles. The van der Waals surface area contributed by atoms with E-state index in [9.17, 15) is 4.79 Å². The van der Waals surface area contributed by atoms with Crippen molar-refractivity contribution in [2.75, 3.05) is 0 Å². The van der Waals surface area contributed by atoms with E-state index in [1.807, 2.05) is 38.1 Å². The van der Waals surface area contributed by atoms with E-state index in [0.29, 0.717) is 0 Å². The molecule has 3 heteroatoms. The van der Waals surface area contributed by atoms with Gasteiger partial charge in [0.1, 0.15) is 0 Å². The first-order chi connectivity index (χ1) is 8.08. The van der Waals surface area contributed by atoms with Gasteiger partial charge in [-0.2, -0.15) is 0 Å². The molecular weight excluding hydrogens is 296 g/mol. The minimum absolute atomic E-state index is 0.0615. The summed E-state index contributed by atoms with van der Waals surface area (Å²) in [4.78, 5) is 13.8. The molecule has 1 aromatic carbocycles. The zero-order valence-corrected chi connectivity index (χ0v) is 12.1. The van der Waals surface area contributed by atoms with Gasteiger partial charge in [-0.05, 0) is 29.8 Å². The van der Waals surface area contributed by atoms with E-state index in [1.165, 1.54) is 0 Å². The summed E-state index contributed by atoms with van der Waals surface area (Å²) in [5, 5.41) is 0. The van der Waals surface area contributed by atoms with Gasteiger partial charge in [0.05, 0.1) is 4.88 Å². The first kappa shape index (κ1) is 12.5. The number of halogens is 1. The van der Waals surface area contributed by atoms with Crippen molar-refractivity contribution in [2.24, 2.45) is 5.92 Å². The number of ketones is 1. The Morgan fingerprint density at radius 1 is 1.12 bits per heavy atom. The molecule has 88 valence electrons. The fourth-order valence-electron chi connectivity index (χ4n) is 1.52. The van der Waals surface area contributed by atoms with Gasteiger partial charge in [0.25, 0.3) is 0 Å². The van der Waals surface area contributed by atoms with Crippen LogP contribution in [0.15, 0.2) is 40.9 Å². The molecule has 0 aliphatic carbocycles. The largest absolute Gasteiger partial charge is 0.293 e. The minimum atomic E-state index is 0.0615. The fourth-order valence-corrected chi connectivity index (χ4v) is 2.89. The van der Waals surface area contributed by atoms with Crippen molar-refractivity contribution >= 4 is 33.0 Å². The molecule has 1 heterocycles. The highest BCUT2D eigenvalue weighted by Crippen LogP contribution is 2.30. The predicted molar refractivity (Wildman–Crippen MR) is 76.6 cm³/mol. The third-order valence-corrected chi connectivity index (χ3v) is 4.18. The SMILES string of the molecule is CC(C)C(=O)c1ccc(-c2ccc(Br)cc2)s1. The van der Waals surface area contributed by atoms with Crippen molar-refractivity contribution < 1.29 is 4.79 Å². The molecule has 0 aliphatic rings. The number of hydrogen-bond donors (Lipinski definition) is 0. The predicted octanol–water partition coefficient (Wildman–Crippen LogP) is 5.02. The third kappa shape index (κ3) is 2.85. The summed E-state index contributed by atoms with van der Waals surface area (Å²) in [5.41, 5.74) is 1.15. The standard InChI is InChI=1S/C14H13BrOS/c1-9(2)14(16)13-8-7-12(17-13)10-3-5-11(15)6-4-10/h3-9H,1-2H3. The molecule has 0 atom stereocenters. The van der Waals surface area contributed by atoms with Gasteiger partial charge in [0.15, 0.2) is 5.78 Å². The second-order valence-electron chi connectivity index (χ2n) is 4.19. The van der Waals surface area contributed by atoms with Gasteiger partial charge in [-0.25, -0.2) is 0 Å². The maximum absolute atomic E-state index is 11.8. The summed E-state index contributed by atoms with van der Waals surface area (Å²) >= 11 is 4.98. The van der Waals surface area contributed by atoms with Crippen LogP contribution in [0.2, 0.25) is 0 Å². The highest BCUT2D eigenvalue weighted by molar-refractivity contribution is 9.10. The summed E-state index contributed by atoms with van der Waals surface area (Å²) in [7, 11) is 0. The molecule has 0 radical (unpaired) electrons. The Bertz CT molecular complexity index is 525. The lowest BCUT2D eigenvalue weighted by atomic mass is 10.1. The maximum atomic E-state index is 11.8. The first-order valence-electron chi connectivity index (χ1n) is 5.48. The molecule has 17 heavy (non-hydrogen) atoms. The Balaban J connectivity index is 2.30. The van der Waals surface area contributed by atoms with E-state index in [0.717, 1.165) is 19.8 Å². The minimum Gasteiger partial charge on any atom is -0.293 e. The molecular formula is C14H13BrOS. The van der Waals surface area contributed by atoms with Crippen LogP contribution in [-0.2, 0) is 0 Å². The third-order valence-electron chi connectivity index (χ3n) is 2.50. The summed E-state index contributed by atoms with van der Waals surface area (Å²) in [6, 6.07) is 12.1. The van der Waals surface area contributed by atoms with Crippen LogP contribution in [-0.4, -0.2) is 5.78 Å². The molecule has 0 aliphatic heterocycles. The van der Waals surface area contributed by atoms with Crippen LogP contribution >= 0.6 is 27.3 Å². The van der Waals surface area contributed by atoms with E-state index in [-0.39, 0.29) is 11.7 Å². The van der Waals surface area contributed by atoms with Crippen LogP contribution in [0.4, 0.5) is 0 Å². The Hall–Kier alpha value is -0.930. The normalized spacial score (nSPS) is 10.8. The number of hydrogen-bond acceptors (Lipinski definition) is 2. The summed E-state index contributed by atoms with van der Waals surface area (Å²) in [5.74, 6) is 0.282. The molecule has 0 amide bonds. The van der Waals surface area contributed by atoms with Gasteiger partial charge in [-0.3, -0.25) is 4.79 Å². The number of benzene rings is 1. The monoisotopic (exact) mass is 308 g/mol. The summed E-state index contributed by atoms with van der Waals surface area (Å²) in [6.45, 7) is 3.86. The first-order valence-corrected chi connectivity index (χ1v) is 7.09. The van der Waals surface area contributed by atoms with Crippen LogP contribution in [0.25, 0.3) is 10.4 Å². The van der Waals surface area contributed by atoms with Crippen molar-refractivity contribution in [3.63, 3.8) is 0 Å². The van der Waals surface area contributed by atoms with Gasteiger partial charge in [0.2, 0.25) is 0 Å². The van der Waals surface area contributed by atoms with Crippen LogP contribution in [0.1, 0.15) is 23.5 Å². The molecule has 0 saturated heterocycles. The van der Waals surface area contributed by atoms with Gasteiger partial charge in [0, 0.05) is 15.3 Å². The fraction of sp³-hybridized carbons (Fsp3) is 0.214. The molecule has 0 N–H and O–H groups in total. The Morgan fingerprint density at radius 2 is 1.76 bits per heavy atom. The Labute approximate surface area is 114 Å². The topological polar surface area (TPSA) is 17.1 Å². The number of thiophene rings is 1. The maximum Gasteiger partial charge on any atom is 0.175 e. The lowest BCUT2D eigenvalue weighted by Gasteiger charge is -2.00. The molecule has 0 fully saturated rings. The molecule has 0 spiro atoms. The summed E-state index contributed by atoms with van der Waals surface area (Å²) < 4.78 is 1.07. The smallest absolute Gasteiger partial charge is 0.175 e. The molecule has 1 aromatic heterocycles. The Morgan fingerprint density at radius 3 is 2.35 bits per heavy atom. The molecule has 1 nitrogen and oxygen atoms in total. The van der Waals surface area contributed by atoms with Gasteiger partial charge < -0.3 is 0 Å². The van der Waals surface area contributed by atoms with E-state index < -0.39 is 0 Å². The van der Waals surface area contributed by atoms with E-state index in [4.69, 9.17) is 0 Å². The average Bonchev–Trinajstić information content (AvgIpc) is 2.78. The number of rotatable bonds is 3. The zero-order chi connectivity index (χ0) is 12.4. The van der Waals surface area contributed by atoms with E-state index >= 15 is 0 Å². The highest BCUT2D eigenvalue weighted by atomic mass is 79.9. The Kier molecular flexibility index (Phi) is 3.79. The van der Waals surface area contributed by atoms with E-state index in [2.05, 4.69) is 28.1 Å². The summed E-state index contributed by atoms with van der Waals surface area (Å²) in [6.07, 6.45) is 0. The average molecular weight is 309 g/mol. The van der Waals surface area contributed by atoms with Crippen molar-refractivity contribution in [1.82, 2.24) is 0 Å². The van der Waals surface area contributed by atoms with Gasteiger partial charge in [-0.15, -0.1) is 11.3 Å². The quantitative estimate of drug-likeness (QED) is 0.728. The second kappa shape index (κ2) is 5.15. The molecule has 2 aromatic rings. The molecule has 0 unspecified atom stereocenters. The zero-order valence-electron chi connectivity index (χ0n) is 9.74. The number of Topliss-reactive ketones (excluding diaryl/α,β-unsaturated/α-hetero) is 1. The van der Waals surface area contributed by atoms with Crippen LogP contribution in [0.3, 0.4) is 0 Å². The highest BCUT2D eigenvalue weighted by Gasteiger charge is 2.13. The van der Waals surface area contributed by atoms with Crippen LogP contribution in [0, 0.1) is 5.92 Å². The molecule has 2 rings (SSSR count). The van der Waals surface area contributed by atoms with Crippen molar-refractivity contribution in [3.8, 4) is 10.4 Å².